The van der Waals surface area contributed by atoms with Gasteiger partial charge in [-0.2, -0.15) is 0 Å². The molecule has 0 N–H and O–H groups in total. The lowest BCUT2D eigenvalue weighted by atomic mass is 10.2. The summed E-state index contributed by atoms with van der Waals surface area (Å²) in [5.74, 6) is 0.480. The number of carbonyl (C=O) groups is 1. The molecule has 0 atom stereocenters. The van der Waals surface area contributed by atoms with Gasteiger partial charge in [0.25, 0.3) is 0 Å². The van der Waals surface area contributed by atoms with Crippen molar-refractivity contribution >= 4 is 46.9 Å². The number of benzene rings is 2. The van der Waals surface area contributed by atoms with E-state index in [1.165, 1.54) is 28.7 Å². The maximum absolute atomic E-state index is 12.6. The summed E-state index contributed by atoms with van der Waals surface area (Å²) >= 11 is 8.29. The largest absolute Gasteiger partial charge is 0.311 e. The summed E-state index contributed by atoms with van der Waals surface area (Å²) in [6.07, 6.45) is 0.925. The van der Waals surface area contributed by atoms with Gasteiger partial charge in [0.2, 0.25) is 5.91 Å². The van der Waals surface area contributed by atoms with Crippen molar-refractivity contribution in [1.29, 1.82) is 0 Å². The lowest BCUT2D eigenvalue weighted by Gasteiger charge is -2.16. The molecule has 7 heteroatoms. The minimum Gasteiger partial charge on any atom is -0.311 e. The number of para-hydroxylation sites is 2. The summed E-state index contributed by atoms with van der Waals surface area (Å²) in [6.45, 7) is 0.757. The first-order chi connectivity index (χ1) is 12.2. The second kappa shape index (κ2) is 7.11. The number of thioether (sulfide) groups is 1. The number of hydrogen-bond donors (Lipinski definition) is 0. The molecule has 1 aromatic heterocycles. The maximum Gasteiger partial charge on any atom is 0.237 e. The van der Waals surface area contributed by atoms with Crippen molar-refractivity contribution < 1.29 is 4.79 Å². The zero-order valence-corrected chi connectivity index (χ0v) is 15.7. The van der Waals surface area contributed by atoms with Gasteiger partial charge in [0.1, 0.15) is 0 Å². The van der Waals surface area contributed by atoms with Gasteiger partial charge >= 0.3 is 0 Å². The highest BCUT2D eigenvalue weighted by atomic mass is 32.2. The van der Waals surface area contributed by atoms with E-state index >= 15 is 0 Å². The number of carbonyl (C=O) groups excluding carboxylic acids is 1. The molecule has 0 aliphatic carbocycles. The first-order valence-electron chi connectivity index (χ1n) is 7.89. The third-order valence-corrected chi connectivity index (χ3v) is 6.39. The molecule has 0 bridgehead atoms. The number of amides is 1. The van der Waals surface area contributed by atoms with Gasteiger partial charge in [0, 0.05) is 12.2 Å². The zero-order chi connectivity index (χ0) is 17.2. The predicted molar refractivity (Wildman–Crippen MR) is 105 cm³/mol. The van der Waals surface area contributed by atoms with Crippen molar-refractivity contribution in [3.05, 3.63) is 64.1 Å². The van der Waals surface area contributed by atoms with Crippen LogP contribution in [0.15, 0.2) is 58.9 Å². The van der Waals surface area contributed by atoms with E-state index in [1.54, 1.807) is 4.68 Å². The molecule has 1 aliphatic heterocycles. The number of fused-ring (bicyclic) bond motifs is 1. The highest BCUT2D eigenvalue weighted by molar-refractivity contribution is 8.01. The normalized spacial score (nSPS) is 13.0. The fraction of sp³-hybridized carbons (Fsp3) is 0.167. The van der Waals surface area contributed by atoms with Crippen LogP contribution in [0, 0.1) is 3.95 Å². The van der Waals surface area contributed by atoms with Crippen molar-refractivity contribution in [2.45, 2.75) is 10.8 Å². The molecule has 4 rings (SSSR count). The molecule has 1 aliphatic rings. The van der Waals surface area contributed by atoms with E-state index in [2.05, 4.69) is 11.2 Å². The molecule has 1 amide bonds. The van der Waals surface area contributed by atoms with Crippen LogP contribution in [0.5, 0.6) is 0 Å². The van der Waals surface area contributed by atoms with Crippen LogP contribution in [0.1, 0.15) is 5.56 Å². The van der Waals surface area contributed by atoms with Gasteiger partial charge in [-0.1, -0.05) is 59.5 Å². The van der Waals surface area contributed by atoms with Crippen LogP contribution in [0.2, 0.25) is 0 Å². The zero-order valence-electron chi connectivity index (χ0n) is 13.3. The van der Waals surface area contributed by atoms with Gasteiger partial charge in [-0.25, -0.2) is 4.68 Å². The molecule has 4 nitrogen and oxygen atoms in total. The second-order valence-electron chi connectivity index (χ2n) is 5.59. The van der Waals surface area contributed by atoms with E-state index in [0.717, 1.165) is 28.7 Å². The molecule has 0 unspecified atom stereocenters. The van der Waals surface area contributed by atoms with E-state index in [4.69, 9.17) is 12.2 Å². The Balaban J connectivity index is 1.46. The summed E-state index contributed by atoms with van der Waals surface area (Å²) in [5.41, 5.74) is 3.22. The summed E-state index contributed by atoms with van der Waals surface area (Å²) in [5, 5.41) is 4.55. The van der Waals surface area contributed by atoms with Crippen LogP contribution >= 0.6 is 35.3 Å². The number of rotatable bonds is 4. The van der Waals surface area contributed by atoms with Crippen LogP contribution in [-0.2, 0) is 11.2 Å². The van der Waals surface area contributed by atoms with E-state index in [1.807, 2.05) is 53.4 Å². The fourth-order valence-corrected chi connectivity index (χ4v) is 5.09. The van der Waals surface area contributed by atoms with Crippen molar-refractivity contribution in [3.63, 3.8) is 0 Å². The summed E-state index contributed by atoms with van der Waals surface area (Å²) < 4.78 is 3.25. The van der Waals surface area contributed by atoms with Crippen molar-refractivity contribution in [2.75, 3.05) is 17.2 Å². The average molecular weight is 386 g/mol. The molecule has 3 aromatic rings. The van der Waals surface area contributed by atoms with Crippen LogP contribution < -0.4 is 4.90 Å². The molecule has 0 radical (unpaired) electrons. The summed E-state index contributed by atoms with van der Waals surface area (Å²) in [4.78, 5) is 14.5. The number of hydrogen-bond acceptors (Lipinski definition) is 5. The lowest BCUT2D eigenvalue weighted by molar-refractivity contribution is -0.116. The molecule has 25 heavy (non-hydrogen) atoms. The van der Waals surface area contributed by atoms with E-state index in [0.29, 0.717) is 9.71 Å². The summed E-state index contributed by atoms with van der Waals surface area (Å²) in [6, 6.07) is 17.9. The Morgan fingerprint density at radius 1 is 1.16 bits per heavy atom. The van der Waals surface area contributed by atoms with Gasteiger partial charge in [-0.3, -0.25) is 4.79 Å². The molecule has 0 saturated heterocycles. The van der Waals surface area contributed by atoms with E-state index < -0.39 is 0 Å². The SMILES string of the molecule is O=C(CSc1nn(-c2ccccc2)c(=S)s1)N1CCc2ccccc21. The standard InChI is InChI=1S/C18H15N3OS3/c22-16(20-11-10-13-6-4-5-9-15(13)20)12-24-17-19-21(18(23)25-17)14-7-2-1-3-8-14/h1-9H,10-12H2. The Kier molecular flexibility index (Phi) is 4.70. The Hall–Kier alpha value is -1.96. The van der Waals surface area contributed by atoms with Crippen LogP contribution in [0.4, 0.5) is 5.69 Å². The smallest absolute Gasteiger partial charge is 0.237 e. The highest BCUT2D eigenvalue weighted by Crippen LogP contribution is 2.29. The molecule has 2 aromatic carbocycles. The van der Waals surface area contributed by atoms with E-state index in [-0.39, 0.29) is 5.91 Å². The number of anilines is 1. The average Bonchev–Trinajstić information content (AvgIpc) is 3.24. The van der Waals surface area contributed by atoms with Gasteiger partial charge in [0.05, 0.1) is 11.4 Å². The topological polar surface area (TPSA) is 38.1 Å². The maximum atomic E-state index is 12.6. The molecule has 0 spiro atoms. The molecule has 0 fully saturated rings. The Bertz CT molecular complexity index is 965. The minimum atomic E-state index is 0.113. The number of nitrogens with zero attached hydrogens (tertiary/aromatic N) is 3. The fourth-order valence-electron chi connectivity index (χ4n) is 2.85. The van der Waals surface area contributed by atoms with Gasteiger partial charge in [-0.15, -0.1) is 5.10 Å². The van der Waals surface area contributed by atoms with Crippen LogP contribution in [0.3, 0.4) is 0 Å². The van der Waals surface area contributed by atoms with Gasteiger partial charge in [0.15, 0.2) is 8.29 Å². The quantitative estimate of drug-likeness (QED) is 0.494. The van der Waals surface area contributed by atoms with Crippen molar-refractivity contribution in [1.82, 2.24) is 9.78 Å². The molecule has 126 valence electrons. The summed E-state index contributed by atoms with van der Waals surface area (Å²) in [7, 11) is 0. The van der Waals surface area contributed by atoms with Crippen LogP contribution in [0.25, 0.3) is 5.69 Å². The third-order valence-electron chi connectivity index (χ3n) is 4.04. The number of aromatic nitrogens is 2. The lowest BCUT2D eigenvalue weighted by Crippen LogP contribution is -2.30. The second-order valence-corrected chi connectivity index (χ2v) is 8.44. The Labute approximate surface area is 159 Å². The van der Waals surface area contributed by atoms with Gasteiger partial charge < -0.3 is 4.90 Å². The third kappa shape index (κ3) is 3.40. The van der Waals surface area contributed by atoms with E-state index in [9.17, 15) is 4.79 Å². The minimum absolute atomic E-state index is 0.113. The van der Waals surface area contributed by atoms with Crippen molar-refractivity contribution in [3.8, 4) is 5.69 Å². The monoisotopic (exact) mass is 385 g/mol. The molecule has 0 saturated carbocycles. The highest BCUT2D eigenvalue weighted by Gasteiger charge is 2.24. The van der Waals surface area contributed by atoms with Gasteiger partial charge in [-0.05, 0) is 42.4 Å². The van der Waals surface area contributed by atoms with Crippen LogP contribution in [-0.4, -0.2) is 28.0 Å². The van der Waals surface area contributed by atoms with Crippen molar-refractivity contribution in [2.24, 2.45) is 0 Å². The Morgan fingerprint density at radius 3 is 2.76 bits per heavy atom. The first kappa shape index (κ1) is 16.5. The molecular weight excluding hydrogens is 370 g/mol. The molecule has 2 heterocycles. The molecular formula is C18H15N3OS3. The first-order valence-corrected chi connectivity index (χ1v) is 10.1. The Morgan fingerprint density at radius 2 is 1.92 bits per heavy atom. The predicted octanol–water partition coefficient (Wildman–Crippen LogP) is 4.34.